The number of hydrogen-bond acceptors (Lipinski definition) is 2. The summed E-state index contributed by atoms with van der Waals surface area (Å²) in [6.45, 7) is 1.70. The minimum absolute atomic E-state index is 0.160. The van der Waals surface area contributed by atoms with Crippen LogP contribution < -0.4 is 10.2 Å². The highest BCUT2D eigenvalue weighted by Crippen LogP contribution is 2.65. The van der Waals surface area contributed by atoms with E-state index in [2.05, 4.69) is 5.32 Å². The largest absolute Gasteiger partial charge is 0.326 e. The maximum absolute atomic E-state index is 13.5. The van der Waals surface area contributed by atoms with Crippen LogP contribution in [-0.4, -0.2) is 23.2 Å². The first-order valence-corrected chi connectivity index (χ1v) is 12.3. The molecule has 10 heteroatoms. The number of halogens is 6. The maximum Gasteiger partial charge on any atom is 0.259 e. The number of aryl methyl sites for hydroxylation is 1. The van der Waals surface area contributed by atoms with Crippen LogP contribution in [0.5, 0.6) is 0 Å². The molecule has 1 saturated carbocycles. The molecule has 0 unspecified atom stereocenters. The van der Waals surface area contributed by atoms with Crippen molar-refractivity contribution in [2.24, 2.45) is 5.92 Å². The molecule has 182 valence electrons. The van der Waals surface area contributed by atoms with E-state index in [0.29, 0.717) is 32.5 Å². The number of benzene rings is 3. The number of amides is 2. The Bertz CT molecular complexity index is 1330. The molecule has 35 heavy (non-hydrogen) atoms. The van der Waals surface area contributed by atoms with Gasteiger partial charge in [0, 0.05) is 34.4 Å². The van der Waals surface area contributed by atoms with Gasteiger partial charge < -0.3 is 10.2 Å². The van der Waals surface area contributed by atoms with Crippen molar-refractivity contribution in [2.45, 2.75) is 17.2 Å². The normalized spacial score (nSPS) is 18.2. The van der Waals surface area contributed by atoms with Gasteiger partial charge in [-0.3, -0.25) is 9.59 Å². The zero-order valence-corrected chi connectivity index (χ0v) is 22.2. The summed E-state index contributed by atoms with van der Waals surface area (Å²) in [7, 11) is 1.56. The van der Waals surface area contributed by atoms with Crippen LogP contribution >= 0.6 is 58.0 Å². The average molecular weight is 575 g/mol. The van der Waals surface area contributed by atoms with Crippen molar-refractivity contribution >= 4 is 81.2 Å². The quantitative estimate of drug-likeness (QED) is 0.315. The number of nitrogens with zero attached hydrogens (tertiary/aromatic N) is 1. The SMILES string of the molecule is Cc1cc(F)ccc1N(C)C(=O)c1cc(NC(=O)[C@H]2[C@H](c3cc(Cl)cc(Cl)c3)C2(Cl)Cl)ccc1Cl. The van der Waals surface area contributed by atoms with Gasteiger partial charge in [0.25, 0.3) is 5.91 Å². The van der Waals surface area contributed by atoms with Crippen molar-refractivity contribution in [2.75, 3.05) is 17.3 Å². The number of carbonyl (C=O) groups is 2. The summed E-state index contributed by atoms with van der Waals surface area (Å²) in [5.41, 5.74) is 2.26. The molecule has 0 spiro atoms. The summed E-state index contributed by atoms with van der Waals surface area (Å²) < 4.78 is 12.1. The van der Waals surface area contributed by atoms with Gasteiger partial charge in [0.1, 0.15) is 10.2 Å². The molecule has 0 saturated heterocycles. The monoisotopic (exact) mass is 572 g/mol. The first-order valence-electron chi connectivity index (χ1n) is 10.4. The molecule has 0 heterocycles. The summed E-state index contributed by atoms with van der Waals surface area (Å²) in [6.07, 6.45) is 0. The molecule has 2 atom stereocenters. The van der Waals surface area contributed by atoms with Crippen LogP contribution in [0.2, 0.25) is 15.1 Å². The van der Waals surface area contributed by atoms with Crippen molar-refractivity contribution in [3.05, 3.63) is 92.2 Å². The fourth-order valence-corrected chi connectivity index (χ4v) is 5.66. The van der Waals surface area contributed by atoms with Gasteiger partial charge in [-0.2, -0.15) is 0 Å². The number of alkyl halides is 2. The molecule has 0 bridgehead atoms. The zero-order valence-electron chi connectivity index (χ0n) is 18.4. The summed E-state index contributed by atoms with van der Waals surface area (Å²) in [6, 6.07) is 13.6. The fraction of sp³-hybridized carbons (Fsp3) is 0.200. The molecule has 0 radical (unpaired) electrons. The Morgan fingerprint density at radius 2 is 1.63 bits per heavy atom. The van der Waals surface area contributed by atoms with E-state index in [1.54, 1.807) is 38.2 Å². The van der Waals surface area contributed by atoms with Gasteiger partial charge in [0.15, 0.2) is 0 Å². The van der Waals surface area contributed by atoms with Crippen LogP contribution in [0.4, 0.5) is 15.8 Å². The lowest BCUT2D eigenvalue weighted by molar-refractivity contribution is -0.117. The second-order valence-corrected chi connectivity index (χ2v) is 11.0. The Hall–Kier alpha value is -2.02. The third kappa shape index (κ3) is 5.25. The highest BCUT2D eigenvalue weighted by molar-refractivity contribution is 6.53. The van der Waals surface area contributed by atoms with E-state index in [1.807, 2.05) is 0 Å². The van der Waals surface area contributed by atoms with E-state index < -0.39 is 33.8 Å². The summed E-state index contributed by atoms with van der Waals surface area (Å²) in [5.74, 6) is -2.53. The molecule has 0 aromatic heterocycles. The molecular weight excluding hydrogens is 557 g/mol. The van der Waals surface area contributed by atoms with Gasteiger partial charge in [-0.1, -0.05) is 34.8 Å². The first-order chi connectivity index (χ1) is 16.4. The highest BCUT2D eigenvalue weighted by Gasteiger charge is 2.67. The Balaban J connectivity index is 1.55. The number of hydrogen-bond donors (Lipinski definition) is 1. The molecule has 1 aliphatic carbocycles. The highest BCUT2D eigenvalue weighted by atomic mass is 35.5. The summed E-state index contributed by atoms with van der Waals surface area (Å²) in [5, 5.41) is 3.76. The molecule has 4 nitrogen and oxygen atoms in total. The average Bonchev–Trinajstić information content (AvgIpc) is 3.35. The Morgan fingerprint density at radius 3 is 2.26 bits per heavy atom. The van der Waals surface area contributed by atoms with Crippen molar-refractivity contribution in [3.8, 4) is 0 Å². The van der Waals surface area contributed by atoms with Crippen molar-refractivity contribution < 1.29 is 14.0 Å². The van der Waals surface area contributed by atoms with Crippen molar-refractivity contribution in [1.82, 2.24) is 0 Å². The summed E-state index contributed by atoms with van der Waals surface area (Å²) in [4.78, 5) is 27.6. The van der Waals surface area contributed by atoms with Gasteiger partial charge in [-0.25, -0.2) is 4.39 Å². The predicted octanol–water partition coefficient (Wildman–Crippen LogP) is 7.90. The lowest BCUT2D eigenvalue weighted by Crippen LogP contribution is -2.27. The number of anilines is 2. The molecule has 4 rings (SSSR count). The van der Waals surface area contributed by atoms with Gasteiger partial charge in [0.2, 0.25) is 5.91 Å². The lowest BCUT2D eigenvalue weighted by Gasteiger charge is -2.20. The van der Waals surface area contributed by atoms with Crippen LogP contribution in [-0.2, 0) is 4.79 Å². The van der Waals surface area contributed by atoms with Crippen LogP contribution in [0.15, 0.2) is 54.6 Å². The van der Waals surface area contributed by atoms with Crippen LogP contribution in [0, 0.1) is 18.7 Å². The second kappa shape index (κ2) is 9.79. The number of rotatable bonds is 5. The molecule has 1 fully saturated rings. The van der Waals surface area contributed by atoms with Gasteiger partial charge >= 0.3 is 0 Å². The van der Waals surface area contributed by atoms with E-state index in [1.165, 1.54) is 35.2 Å². The minimum atomic E-state index is -1.34. The van der Waals surface area contributed by atoms with E-state index in [0.717, 1.165) is 0 Å². The van der Waals surface area contributed by atoms with Crippen LogP contribution in [0.3, 0.4) is 0 Å². The van der Waals surface area contributed by atoms with Crippen molar-refractivity contribution in [1.29, 1.82) is 0 Å². The van der Waals surface area contributed by atoms with Crippen LogP contribution in [0.25, 0.3) is 0 Å². The molecule has 1 aliphatic rings. The minimum Gasteiger partial charge on any atom is -0.326 e. The molecule has 3 aromatic rings. The maximum atomic E-state index is 13.5. The summed E-state index contributed by atoms with van der Waals surface area (Å²) >= 11 is 31.3. The van der Waals surface area contributed by atoms with E-state index >= 15 is 0 Å². The van der Waals surface area contributed by atoms with E-state index in [-0.39, 0.29) is 10.6 Å². The molecule has 3 aromatic carbocycles. The number of carbonyl (C=O) groups excluding carboxylic acids is 2. The van der Waals surface area contributed by atoms with Crippen LogP contribution in [0.1, 0.15) is 27.4 Å². The van der Waals surface area contributed by atoms with Gasteiger partial charge in [-0.05, 0) is 72.6 Å². The Morgan fingerprint density at radius 1 is 0.971 bits per heavy atom. The predicted molar refractivity (Wildman–Crippen MR) is 141 cm³/mol. The molecule has 1 N–H and O–H groups in total. The second-order valence-electron chi connectivity index (χ2n) is 8.31. The third-order valence-corrected chi connectivity index (χ3v) is 7.58. The zero-order chi connectivity index (χ0) is 25.7. The van der Waals surface area contributed by atoms with Gasteiger partial charge in [0.05, 0.1) is 16.5 Å². The molecule has 2 amide bonds. The molecule has 0 aliphatic heterocycles. The standard InChI is InChI=1S/C25H18Cl5FN2O2/c1-12-7-16(31)3-6-20(12)33(2)24(35)18-11-17(4-5-19(18)28)32-23(34)22-21(25(22,29)30)13-8-14(26)10-15(27)9-13/h3-11,21-22H,1-2H3,(H,32,34)/t21-,22+/m0/s1. The molecular formula is C25H18Cl5FN2O2. The smallest absolute Gasteiger partial charge is 0.259 e. The fourth-order valence-electron chi connectivity index (χ4n) is 4.09. The lowest BCUT2D eigenvalue weighted by atomic mass is 10.1. The Labute approximate surface area is 226 Å². The number of nitrogens with one attached hydrogen (secondary N) is 1. The third-order valence-electron chi connectivity index (χ3n) is 5.87. The Kier molecular flexibility index (Phi) is 7.29. The topological polar surface area (TPSA) is 49.4 Å². The van der Waals surface area contributed by atoms with E-state index in [9.17, 15) is 14.0 Å². The van der Waals surface area contributed by atoms with Crippen molar-refractivity contribution in [3.63, 3.8) is 0 Å². The first kappa shape index (κ1) is 26.1. The van der Waals surface area contributed by atoms with Gasteiger partial charge in [-0.15, -0.1) is 23.2 Å². The van der Waals surface area contributed by atoms with E-state index in [4.69, 9.17) is 58.0 Å².